The predicted molar refractivity (Wildman–Crippen MR) is 62.5 cm³/mol. The van der Waals surface area contributed by atoms with Crippen LogP contribution in [0.4, 0.5) is 4.39 Å². The third kappa shape index (κ3) is 4.23. The van der Waals surface area contributed by atoms with Crippen molar-refractivity contribution in [2.24, 2.45) is 5.92 Å². The maximum Gasteiger partial charge on any atom is 0.237 e. The first-order valence-corrected chi connectivity index (χ1v) is 5.59. The molecule has 1 unspecified atom stereocenters. The average molecular weight is 234 g/mol. The van der Waals surface area contributed by atoms with E-state index in [1.807, 2.05) is 13.0 Å². The van der Waals surface area contributed by atoms with Crippen molar-refractivity contribution in [3.8, 4) is 6.07 Å². The minimum absolute atomic E-state index is 0.265. The van der Waals surface area contributed by atoms with Crippen LogP contribution in [0.3, 0.4) is 0 Å². The van der Waals surface area contributed by atoms with Crippen LogP contribution >= 0.6 is 0 Å². The third-order valence-corrected chi connectivity index (χ3v) is 2.37. The summed E-state index contributed by atoms with van der Waals surface area (Å²) in [6.45, 7) is 2.52. The average Bonchev–Trinajstić information content (AvgIpc) is 2.35. The van der Waals surface area contributed by atoms with Crippen molar-refractivity contribution in [2.75, 3.05) is 6.54 Å². The number of hydrogen-bond acceptors (Lipinski definition) is 2. The number of carbonyl (C=O) groups is 1. The minimum Gasteiger partial charge on any atom is -0.355 e. The topological polar surface area (TPSA) is 52.9 Å². The molecule has 17 heavy (non-hydrogen) atoms. The smallest absolute Gasteiger partial charge is 0.237 e. The second kappa shape index (κ2) is 6.64. The first kappa shape index (κ1) is 13.2. The molecule has 1 atom stereocenters. The SMILES string of the molecule is CCCNC(=O)C(C#N)Cc1ccc(F)cc1. The first-order chi connectivity index (χ1) is 8.17. The zero-order valence-corrected chi connectivity index (χ0v) is 9.74. The van der Waals surface area contributed by atoms with Gasteiger partial charge in [0.15, 0.2) is 0 Å². The van der Waals surface area contributed by atoms with Gasteiger partial charge in [-0.05, 0) is 30.5 Å². The highest BCUT2D eigenvalue weighted by Crippen LogP contribution is 2.09. The van der Waals surface area contributed by atoms with Crippen LogP contribution in [-0.4, -0.2) is 12.5 Å². The summed E-state index contributed by atoms with van der Waals surface area (Å²) in [6.07, 6.45) is 1.15. The highest BCUT2D eigenvalue weighted by Gasteiger charge is 2.17. The number of nitrogens with zero attached hydrogens (tertiary/aromatic N) is 1. The maximum absolute atomic E-state index is 12.7. The zero-order valence-electron chi connectivity index (χ0n) is 9.74. The number of nitriles is 1. The number of amides is 1. The zero-order chi connectivity index (χ0) is 12.7. The third-order valence-electron chi connectivity index (χ3n) is 2.37. The summed E-state index contributed by atoms with van der Waals surface area (Å²) in [5.41, 5.74) is 0.782. The van der Waals surface area contributed by atoms with E-state index in [2.05, 4.69) is 5.32 Å². The molecule has 1 aromatic rings. The molecular formula is C13H15FN2O. The Morgan fingerprint density at radius 1 is 1.47 bits per heavy atom. The number of halogens is 1. The van der Waals surface area contributed by atoms with Gasteiger partial charge in [-0.1, -0.05) is 19.1 Å². The molecule has 1 rings (SSSR count). The fourth-order valence-electron chi connectivity index (χ4n) is 1.42. The van der Waals surface area contributed by atoms with Gasteiger partial charge in [0.1, 0.15) is 11.7 Å². The molecule has 0 saturated carbocycles. The molecule has 0 aliphatic heterocycles. The molecule has 0 saturated heterocycles. The highest BCUT2D eigenvalue weighted by atomic mass is 19.1. The van der Waals surface area contributed by atoms with E-state index in [0.29, 0.717) is 13.0 Å². The molecule has 0 spiro atoms. The molecule has 0 aliphatic rings. The van der Waals surface area contributed by atoms with Crippen LogP contribution in [0.25, 0.3) is 0 Å². The molecule has 0 fully saturated rings. The van der Waals surface area contributed by atoms with Crippen molar-refractivity contribution in [3.05, 3.63) is 35.6 Å². The Balaban J connectivity index is 2.61. The summed E-state index contributed by atoms with van der Waals surface area (Å²) in [7, 11) is 0. The van der Waals surface area contributed by atoms with Crippen molar-refractivity contribution in [3.63, 3.8) is 0 Å². The van der Waals surface area contributed by atoms with E-state index >= 15 is 0 Å². The molecule has 0 aromatic heterocycles. The molecule has 1 N–H and O–H groups in total. The molecule has 90 valence electrons. The Kier molecular flexibility index (Phi) is 5.15. The monoisotopic (exact) mass is 234 g/mol. The maximum atomic E-state index is 12.7. The van der Waals surface area contributed by atoms with Crippen molar-refractivity contribution < 1.29 is 9.18 Å². The fraction of sp³-hybridized carbons (Fsp3) is 0.385. The van der Waals surface area contributed by atoms with E-state index in [-0.39, 0.29) is 11.7 Å². The van der Waals surface area contributed by atoms with Gasteiger partial charge in [-0.2, -0.15) is 5.26 Å². The first-order valence-electron chi connectivity index (χ1n) is 5.59. The van der Waals surface area contributed by atoms with E-state index < -0.39 is 5.92 Å². The lowest BCUT2D eigenvalue weighted by Gasteiger charge is -2.09. The molecule has 0 radical (unpaired) electrons. The van der Waals surface area contributed by atoms with E-state index in [4.69, 9.17) is 5.26 Å². The summed E-state index contributed by atoms with van der Waals surface area (Å²) in [5.74, 6) is -1.30. The summed E-state index contributed by atoms with van der Waals surface area (Å²) >= 11 is 0. The van der Waals surface area contributed by atoms with Gasteiger partial charge in [-0.15, -0.1) is 0 Å². The molecule has 4 heteroatoms. The van der Waals surface area contributed by atoms with Crippen LogP contribution in [0.5, 0.6) is 0 Å². The van der Waals surface area contributed by atoms with Crippen LogP contribution in [0.2, 0.25) is 0 Å². The standard InChI is InChI=1S/C13H15FN2O/c1-2-7-16-13(17)11(9-15)8-10-3-5-12(14)6-4-10/h3-6,11H,2,7-8H2,1H3,(H,16,17). The van der Waals surface area contributed by atoms with Gasteiger partial charge in [-0.3, -0.25) is 4.79 Å². The molecule has 0 heterocycles. The van der Waals surface area contributed by atoms with Gasteiger partial charge < -0.3 is 5.32 Å². The normalized spacial score (nSPS) is 11.6. The second-order valence-electron chi connectivity index (χ2n) is 3.80. The quantitative estimate of drug-likeness (QED) is 0.847. The van der Waals surface area contributed by atoms with Gasteiger partial charge in [0.25, 0.3) is 0 Å². The Morgan fingerprint density at radius 2 is 2.12 bits per heavy atom. The number of hydrogen-bond donors (Lipinski definition) is 1. The van der Waals surface area contributed by atoms with Crippen LogP contribution < -0.4 is 5.32 Å². The van der Waals surface area contributed by atoms with E-state index in [1.165, 1.54) is 12.1 Å². The molecule has 0 bridgehead atoms. The van der Waals surface area contributed by atoms with E-state index in [0.717, 1.165) is 12.0 Å². The Bertz CT molecular complexity index is 408. The lowest BCUT2D eigenvalue weighted by Crippen LogP contribution is -2.31. The number of carbonyl (C=O) groups excluding carboxylic acids is 1. The lowest BCUT2D eigenvalue weighted by molar-refractivity contribution is -0.123. The Morgan fingerprint density at radius 3 is 2.65 bits per heavy atom. The summed E-state index contributed by atoms with van der Waals surface area (Å²) < 4.78 is 12.7. The molecule has 3 nitrogen and oxygen atoms in total. The summed E-state index contributed by atoms with van der Waals surface area (Å²) in [6, 6.07) is 7.80. The van der Waals surface area contributed by atoms with Crippen LogP contribution in [0.15, 0.2) is 24.3 Å². The van der Waals surface area contributed by atoms with Gasteiger partial charge in [0, 0.05) is 6.54 Å². The molecule has 0 aliphatic carbocycles. The van der Waals surface area contributed by atoms with E-state index in [1.54, 1.807) is 12.1 Å². The Labute approximate surface area is 100 Å². The van der Waals surface area contributed by atoms with Gasteiger partial charge in [0.2, 0.25) is 5.91 Å². The van der Waals surface area contributed by atoms with Crippen LogP contribution in [-0.2, 0) is 11.2 Å². The minimum atomic E-state index is -0.716. The molecular weight excluding hydrogens is 219 g/mol. The largest absolute Gasteiger partial charge is 0.355 e. The lowest BCUT2D eigenvalue weighted by atomic mass is 10.00. The van der Waals surface area contributed by atoms with Crippen molar-refractivity contribution in [2.45, 2.75) is 19.8 Å². The van der Waals surface area contributed by atoms with Crippen LogP contribution in [0.1, 0.15) is 18.9 Å². The van der Waals surface area contributed by atoms with Crippen LogP contribution in [0, 0.1) is 23.1 Å². The predicted octanol–water partition coefficient (Wildman–Crippen LogP) is 2.03. The number of rotatable bonds is 5. The van der Waals surface area contributed by atoms with Crippen molar-refractivity contribution >= 4 is 5.91 Å². The number of nitrogens with one attached hydrogen (secondary N) is 1. The number of benzene rings is 1. The highest BCUT2D eigenvalue weighted by molar-refractivity contribution is 5.81. The fourth-order valence-corrected chi connectivity index (χ4v) is 1.42. The second-order valence-corrected chi connectivity index (χ2v) is 3.80. The molecule has 1 aromatic carbocycles. The van der Waals surface area contributed by atoms with Gasteiger partial charge in [0.05, 0.1) is 6.07 Å². The van der Waals surface area contributed by atoms with Crippen molar-refractivity contribution in [1.82, 2.24) is 5.32 Å². The van der Waals surface area contributed by atoms with E-state index in [9.17, 15) is 9.18 Å². The van der Waals surface area contributed by atoms with Crippen molar-refractivity contribution in [1.29, 1.82) is 5.26 Å². The summed E-state index contributed by atoms with van der Waals surface area (Å²) in [5, 5.41) is 11.6. The molecule has 1 amide bonds. The summed E-state index contributed by atoms with van der Waals surface area (Å²) in [4.78, 5) is 11.6. The van der Waals surface area contributed by atoms with Gasteiger partial charge in [-0.25, -0.2) is 4.39 Å². The Hall–Kier alpha value is -1.89. The van der Waals surface area contributed by atoms with Gasteiger partial charge >= 0.3 is 0 Å².